The Bertz CT molecular complexity index is 765. The largest absolute Gasteiger partial charge is 0.458 e. The predicted octanol–water partition coefficient (Wildman–Crippen LogP) is 4.97. The summed E-state index contributed by atoms with van der Waals surface area (Å²) < 4.78 is 12.0. The van der Waals surface area contributed by atoms with Crippen LogP contribution in [0.2, 0.25) is 0 Å². The van der Waals surface area contributed by atoms with Crippen molar-refractivity contribution >= 4 is 17.7 Å². The van der Waals surface area contributed by atoms with Crippen LogP contribution in [-0.4, -0.2) is 35.1 Å². The molecule has 0 heterocycles. The van der Waals surface area contributed by atoms with Crippen LogP contribution in [0.25, 0.3) is 0 Å². The summed E-state index contributed by atoms with van der Waals surface area (Å²) >= 11 is 0. The van der Waals surface area contributed by atoms with Gasteiger partial charge in [0.05, 0.1) is 5.71 Å². The van der Waals surface area contributed by atoms with Gasteiger partial charge in [0.25, 0.3) is 0 Å². The number of esters is 2. The minimum absolute atomic E-state index is 0.00520. The number of carbonyl (C=O) groups is 2. The molecular formula is C25H39NO5. The van der Waals surface area contributed by atoms with Crippen molar-refractivity contribution in [1.29, 1.82) is 0 Å². The van der Waals surface area contributed by atoms with Crippen molar-refractivity contribution in [2.24, 2.45) is 45.6 Å². The third kappa shape index (κ3) is 3.48. The first-order valence-electron chi connectivity index (χ1n) is 12.2. The molecule has 1 N–H and O–H groups in total. The smallest absolute Gasteiger partial charge is 0.303 e. The first-order valence-corrected chi connectivity index (χ1v) is 12.2. The summed E-state index contributed by atoms with van der Waals surface area (Å²) in [5.41, 5.74) is 0.985. The van der Waals surface area contributed by atoms with Gasteiger partial charge in [-0.3, -0.25) is 9.59 Å². The number of hydrogen-bond acceptors (Lipinski definition) is 6. The Morgan fingerprint density at radius 2 is 1.61 bits per heavy atom. The molecule has 0 aromatic carbocycles. The van der Waals surface area contributed by atoms with Gasteiger partial charge in [0, 0.05) is 25.7 Å². The quantitative estimate of drug-likeness (QED) is 0.386. The maximum Gasteiger partial charge on any atom is 0.303 e. The molecule has 4 saturated carbocycles. The first kappa shape index (κ1) is 22.6. The highest BCUT2D eigenvalue weighted by Crippen LogP contribution is 2.68. The van der Waals surface area contributed by atoms with Crippen LogP contribution in [0.5, 0.6) is 0 Å². The van der Waals surface area contributed by atoms with E-state index in [1.54, 1.807) is 0 Å². The molecule has 0 bridgehead atoms. The van der Waals surface area contributed by atoms with Crippen molar-refractivity contribution in [1.82, 2.24) is 0 Å². The molecule has 0 aromatic rings. The Morgan fingerprint density at radius 3 is 2.23 bits per heavy atom. The number of ether oxygens (including phenoxy) is 2. The van der Waals surface area contributed by atoms with Crippen LogP contribution in [0.4, 0.5) is 0 Å². The molecule has 0 amide bonds. The van der Waals surface area contributed by atoms with E-state index in [0.29, 0.717) is 24.2 Å². The third-order valence-corrected chi connectivity index (χ3v) is 9.97. The van der Waals surface area contributed by atoms with Crippen LogP contribution in [0.3, 0.4) is 0 Å². The molecule has 4 aliphatic rings. The van der Waals surface area contributed by atoms with Gasteiger partial charge in [-0.15, -0.1) is 0 Å². The van der Waals surface area contributed by atoms with Gasteiger partial charge in [0.2, 0.25) is 0 Å². The average molecular weight is 434 g/mol. The van der Waals surface area contributed by atoms with Gasteiger partial charge in [0.1, 0.15) is 12.2 Å². The summed E-state index contributed by atoms with van der Waals surface area (Å²) in [7, 11) is 0. The summed E-state index contributed by atoms with van der Waals surface area (Å²) in [6.07, 6.45) is 7.27. The summed E-state index contributed by atoms with van der Waals surface area (Å²) in [4.78, 5) is 24.4. The molecule has 4 fully saturated rings. The Hall–Kier alpha value is -1.59. The Morgan fingerprint density at radius 1 is 0.968 bits per heavy atom. The van der Waals surface area contributed by atoms with Crippen molar-refractivity contribution < 1.29 is 24.3 Å². The molecule has 4 rings (SSSR count). The Kier molecular flexibility index (Phi) is 5.89. The number of hydrogen-bond donors (Lipinski definition) is 1. The molecule has 0 aliphatic heterocycles. The molecule has 31 heavy (non-hydrogen) atoms. The van der Waals surface area contributed by atoms with Crippen molar-refractivity contribution in [3.05, 3.63) is 0 Å². The number of rotatable bonds is 3. The van der Waals surface area contributed by atoms with Crippen LogP contribution >= 0.6 is 0 Å². The standard InChI is InChI=1S/C25H39NO5/c1-6-16-7-8-18-21-19(10-12-24(16,18)4)25(5)11-9-17(26-29)13-20(25)22(30-14(2)27)23(21)31-15(3)28/h16,18-23,29H,6-13H2,1-5H3/b26-17-/t16-,18?,19?,20?,21?,22+,23?,24+,25+/m0/s1. The molecule has 5 unspecified atom stereocenters. The van der Waals surface area contributed by atoms with Crippen LogP contribution in [-0.2, 0) is 19.1 Å². The highest BCUT2D eigenvalue weighted by Gasteiger charge is 2.66. The highest BCUT2D eigenvalue weighted by molar-refractivity contribution is 5.85. The molecule has 0 aromatic heterocycles. The molecule has 174 valence electrons. The summed E-state index contributed by atoms with van der Waals surface area (Å²) in [6.45, 7) is 9.99. The van der Waals surface area contributed by atoms with E-state index in [4.69, 9.17) is 9.47 Å². The second kappa shape index (κ2) is 8.08. The SMILES string of the molecule is CC[C@H]1CCC2C3C(OC(C)=O)[C@H](OC(C)=O)C4C/C(=N\O)CC[C@]4(C)C3CC[C@@]21C. The molecule has 0 saturated heterocycles. The van der Waals surface area contributed by atoms with Crippen LogP contribution in [0, 0.1) is 40.4 Å². The summed E-state index contributed by atoms with van der Waals surface area (Å²) in [5.74, 6) is 1.15. The predicted molar refractivity (Wildman–Crippen MR) is 117 cm³/mol. The lowest BCUT2D eigenvalue weighted by atomic mass is 9.43. The zero-order valence-electron chi connectivity index (χ0n) is 19.7. The van der Waals surface area contributed by atoms with E-state index in [1.807, 2.05) is 0 Å². The number of oxime groups is 1. The van der Waals surface area contributed by atoms with E-state index in [0.717, 1.165) is 31.4 Å². The second-order valence-electron chi connectivity index (χ2n) is 11.1. The fraction of sp³-hybridized carbons (Fsp3) is 0.880. The monoisotopic (exact) mass is 433 g/mol. The minimum atomic E-state index is -0.493. The lowest BCUT2D eigenvalue weighted by molar-refractivity contribution is -0.230. The van der Waals surface area contributed by atoms with E-state index < -0.39 is 12.2 Å². The van der Waals surface area contributed by atoms with Gasteiger partial charge in [-0.1, -0.05) is 32.3 Å². The maximum absolute atomic E-state index is 12.2. The zero-order chi connectivity index (χ0) is 22.6. The van der Waals surface area contributed by atoms with E-state index in [9.17, 15) is 14.8 Å². The average Bonchev–Trinajstić information content (AvgIpc) is 3.05. The van der Waals surface area contributed by atoms with Crippen LogP contribution in [0.1, 0.15) is 86.0 Å². The third-order valence-electron chi connectivity index (χ3n) is 9.97. The molecule has 4 aliphatic carbocycles. The molecule has 0 spiro atoms. The van der Waals surface area contributed by atoms with Crippen LogP contribution in [0.15, 0.2) is 5.16 Å². The molecular weight excluding hydrogens is 394 g/mol. The van der Waals surface area contributed by atoms with Gasteiger partial charge in [-0.2, -0.15) is 0 Å². The molecule has 0 radical (unpaired) electrons. The topological polar surface area (TPSA) is 85.2 Å². The normalized spacial score (nSPS) is 47.8. The van der Waals surface area contributed by atoms with Crippen molar-refractivity contribution in [2.75, 3.05) is 0 Å². The van der Waals surface area contributed by atoms with Crippen LogP contribution < -0.4 is 0 Å². The number of fused-ring (bicyclic) bond motifs is 5. The zero-order valence-corrected chi connectivity index (χ0v) is 19.7. The highest BCUT2D eigenvalue weighted by atomic mass is 16.6. The summed E-state index contributed by atoms with van der Waals surface area (Å²) in [5, 5.41) is 13.0. The van der Waals surface area contributed by atoms with Gasteiger partial charge < -0.3 is 14.7 Å². The number of nitrogens with zero attached hydrogens (tertiary/aromatic N) is 1. The van der Waals surface area contributed by atoms with Gasteiger partial charge >= 0.3 is 11.9 Å². The van der Waals surface area contributed by atoms with Crippen molar-refractivity contribution in [3.63, 3.8) is 0 Å². The molecule has 6 heteroatoms. The van der Waals surface area contributed by atoms with E-state index in [-0.39, 0.29) is 34.6 Å². The fourth-order valence-corrected chi connectivity index (χ4v) is 8.56. The number of carbonyl (C=O) groups excluding carboxylic acids is 2. The summed E-state index contributed by atoms with van der Waals surface area (Å²) in [6, 6.07) is 0. The molecule has 6 nitrogen and oxygen atoms in total. The van der Waals surface area contributed by atoms with Gasteiger partial charge in [-0.25, -0.2) is 0 Å². The minimum Gasteiger partial charge on any atom is -0.458 e. The van der Waals surface area contributed by atoms with E-state index in [1.165, 1.54) is 33.1 Å². The lowest BCUT2D eigenvalue weighted by Crippen LogP contribution is -2.65. The fourth-order valence-electron chi connectivity index (χ4n) is 8.56. The molecule has 9 atom stereocenters. The second-order valence-corrected chi connectivity index (χ2v) is 11.1. The van der Waals surface area contributed by atoms with Gasteiger partial charge in [0.15, 0.2) is 0 Å². The van der Waals surface area contributed by atoms with E-state index in [2.05, 4.69) is 25.9 Å². The Balaban J connectivity index is 1.81. The van der Waals surface area contributed by atoms with E-state index >= 15 is 0 Å². The maximum atomic E-state index is 12.2. The van der Waals surface area contributed by atoms with Gasteiger partial charge in [-0.05, 0) is 73.5 Å². The van der Waals surface area contributed by atoms with Crippen molar-refractivity contribution in [3.8, 4) is 0 Å². The Labute approximate surface area is 186 Å². The lowest BCUT2D eigenvalue weighted by Gasteiger charge is -2.63. The first-order chi connectivity index (χ1) is 14.7. The van der Waals surface area contributed by atoms with Crippen molar-refractivity contribution in [2.45, 2.75) is 98.2 Å².